The van der Waals surface area contributed by atoms with Crippen molar-refractivity contribution in [3.05, 3.63) is 117 Å². The molecule has 0 aromatic heterocycles. The Balaban J connectivity index is -0.000000976. The third-order valence-electron chi connectivity index (χ3n) is 11.0. The number of hydrogen-bond donors (Lipinski definition) is 4. The Kier molecular flexibility index (Phi) is 43.2. The monoisotopic (exact) mass is 1250 g/mol. The molecule has 3 aliphatic rings. The molecule has 23 nitrogen and oxygen atoms in total. The predicted molar refractivity (Wildman–Crippen MR) is 328 cm³/mol. The zero-order valence-corrected chi connectivity index (χ0v) is 53.9. The van der Waals surface area contributed by atoms with Gasteiger partial charge in [0.05, 0.1) is 63.0 Å². The Morgan fingerprint density at radius 1 is 0.690 bits per heavy atom. The Labute approximate surface area is 528 Å². The van der Waals surface area contributed by atoms with Gasteiger partial charge in [0.2, 0.25) is 23.0 Å². The first-order valence-electron chi connectivity index (χ1n) is 26.5. The summed E-state index contributed by atoms with van der Waals surface area (Å²) in [6.45, 7) is 15.9. The first-order chi connectivity index (χ1) is 39.8. The normalized spacial score (nSPS) is 13.0. The fraction of sp³-hybridized carbons (Fsp3) is 0.426. The van der Waals surface area contributed by atoms with Crippen LogP contribution < -0.4 is 45.7 Å². The van der Waals surface area contributed by atoms with E-state index < -0.39 is 40.6 Å². The second kappa shape index (κ2) is 44.9. The summed E-state index contributed by atoms with van der Waals surface area (Å²) in [5.74, 6) is -4.27. The van der Waals surface area contributed by atoms with Gasteiger partial charge in [0.25, 0.3) is 0 Å². The van der Waals surface area contributed by atoms with Crippen molar-refractivity contribution in [2.45, 2.75) is 119 Å². The van der Waals surface area contributed by atoms with Crippen LogP contribution in [-0.2, 0) is 57.2 Å². The quantitative estimate of drug-likeness (QED) is 0.0292. The maximum atomic E-state index is 12.2. The minimum absolute atomic E-state index is 0. The second-order valence-corrected chi connectivity index (χ2v) is 20.6. The molecule has 472 valence electrons. The molecule has 0 aliphatic carbocycles. The topological polar surface area (TPSA) is 363 Å². The summed E-state index contributed by atoms with van der Waals surface area (Å²) in [6.07, 6.45) is 3.37. The van der Waals surface area contributed by atoms with Crippen LogP contribution in [0, 0.1) is 33.6 Å². The van der Waals surface area contributed by atoms with Gasteiger partial charge < -0.3 is 60.7 Å². The van der Waals surface area contributed by atoms with E-state index in [2.05, 4.69) is 48.7 Å². The molecular weight excluding hydrogens is 1160 g/mol. The van der Waals surface area contributed by atoms with Crippen LogP contribution in [0.4, 0.5) is 22.7 Å². The Morgan fingerprint density at radius 2 is 1.15 bits per heavy atom. The smallest absolute Gasteiger partial charge is 0.850 e. The maximum absolute atomic E-state index is 12.2. The van der Waals surface area contributed by atoms with E-state index in [1.54, 1.807) is 82.4 Å². The molecule has 0 bridgehead atoms. The number of nitrogens with two attached hydrogens (primary N) is 1. The van der Waals surface area contributed by atoms with Crippen LogP contribution in [0.1, 0.15) is 149 Å². The van der Waals surface area contributed by atoms with Gasteiger partial charge in [-0.3, -0.25) is 43.1 Å². The van der Waals surface area contributed by atoms with Crippen molar-refractivity contribution in [1.29, 1.82) is 0 Å². The van der Waals surface area contributed by atoms with E-state index in [-0.39, 0.29) is 103 Å². The molecule has 3 aliphatic heterocycles. The number of amides is 3. The van der Waals surface area contributed by atoms with Gasteiger partial charge in [0.15, 0.2) is 11.6 Å². The van der Waals surface area contributed by atoms with Crippen molar-refractivity contribution in [2.75, 3.05) is 70.4 Å². The molecule has 0 radical (unpaired) electrons. The van der Waals surface area contributed by atoms with Crippen LogP contribution >= 0.6 is 20.6 Å². The number of benzene rings is 4. The van der Waals surface area contributed by atoms with Crippen LogP contribution in [0.25, 0.3) is 0 Å². The molecule has 1 fully saturated rings. The number of anilines is 4. The molecule has 1 saturated heterocycles. The zero-order valence-electron chi connectivity index (χ0n) is 52.1. The number of carbonyl (C=O) groups excluding carboxylic acids is 11. The van der Waals surface area contributed by atoms with Gasteiger partial charge in [-0.15, -0.1) is 5.60 Å². The molecule has 4 aromatic rings. The van der Waals surface area contributed by atoms with Crippen molar-refractivity contribution < 1.29 is 106 Å². The van der Waals surface area contributed by atoms with Crippen LogP contribution in [0.5, 0.6) is 0 Å². The molecular formula is C61H82ClLiN5O18P. The molecule has 1 atom stereocenters. The summed E-state index contributed by atoms with van der Waals surface area (Å²) >= 11 is 4.93. The molecule has 0 saturated carbocycles. The summed E-state index contributed by atoms with van der Waals surface area (Å²) in [6, 6.07) is 20.8. The maximum Gasteiger partial charge on any atom is 1.00 e. The molecule has 0 spiro atoms. The number of nitrogens with zero attached hydrogens (tertiary/aromatic N) is 1. The Morgan fingerprint density at radius 3 is 1.60 bits per heavy atom. The number of nitrogen functional groups attached to an aromatic ring is 1. The van der Waals surface area contributed by atoms with Crippen molar-refractivity contribution in [3.63, 3.8) is 0 Å². The first-order valence-corrected chi connectivity index (χ1v) is 27.4. The summed E-state index contributed by atoms with van der Waals surface area (Å²) in [5.41, 5.74) is 12.3. The summed E-state index contributed by atoms with van der Waals surface area (Å²) < 4.78 is 26.5. The number of methoxy groups -OCH3 is 4. The minimum atomic E-state index is -1.06. The SMILES string of the molecule is C1CCOC1.CC(=O)CCC(=O)Cl.CC(C)(C)[O-].CN=P.COC(=O)C1CC(=O)Nc2cc(C)ccc2C1=O.COC(=O)CCC(=O)Nc1cc(C)ccc1C(=O)OC.COC(=O)c1ccc(C)cc1N.Cc1ccc2c(c1)NC(=O)CCC2=O.O.[Li+]. The van der Waals surface area contributed by atoms with E-state index in [9.17, 15) is 57.8 Å². The number of esters is 4. The number of rotatable bonds is 10. The molecule has 7 N–H and O–H groups in total. The van der Waals surface area contributed by atoms with Gasteiger partial charge in [-0.25, -0.2) is 9.59 Å². The molecule has 7 rings (SSSR count). The number of carbonyl (C=O) groups is 11. The third kappa shape index (κ3) is 36.3. The summed E-state index contributed by atoms with van der Waals surface area (Å²) in [7, 11) is 9.54. The standard InChI is InChI=1S/C14H17NO5.C13H13NO4.C11H11NO2.C9H11NO2.C5H7ClO2.C4H8O.C4H9O.CH4NP.Li.H2O/c1-9-4-5-10(14(18)20-3)11(8-9)15-12(16)6-7-13(17)19-2;1-7-3-4-8-10(5-7)14-11(15)6-9(12(8)16)13(17)18-2;1-7-2-3-8-9(6-7)12-11(14)5-4-10(8)13;1-6-3-4-7(8(10)5-6)9(11)12-2;1-4(7)2-3-5(6)8;1-2-4-5-3-1;1-4(2,3)5;1-2-3;;/h4-5,8H,6-7H2,1-3H3,(H,15,16);3-5,9H,6H2,1-2H3,(H,14,15);2-3,6H,4-5H2,1H3,(H,12,14);3-5H,10H2,1-2H3;2-3H2,1H3;1-4H2;1-3H3;3H,1H3;;1H2/q;;;;;;-1;;+1;. The van der Waals surface area contributed by atoms with E-state index in [4.69, 9.17) is 22.1 Å². The van der Waals surface area contributed by atoms with E-state index in [0.29, 0.717) is 45.9 Å². The fourth-order valence-electron chi connectivity index (χ4n) is 6.90. The minimum Gasteiger partial charge on any atom is -0.850 e. The number of ketones is 3. The molecule has 3 heterocycles. The first kappa shape index (κ1) is 83.7. The number of ether oxygens (including phenoxy) is 5. The average molecular weight is 1250 g/mol. The van der Waals surface area contributed by atoms with Crippen molar-refractivity contribution in [2.24, 2.45) is 10.7 Å². The van der Waals surface area contributed by atoms with Gasteiger partial charge in [0.1, 0.15) is 11.7 Å². The van der Waals surface area contributed by atoms with E-state index in [1.807, 2.05) is 45.9 Å². The third-order valence-corrected chi connectivity index (χ3v) is 11.2. The predicted octanol–water partition coefficient (Wildman–Crippen LogP) is 5.44. The Hall–Kier alpha value is -7.48. The molecule has 26 heteroatoms. The number of Topliss-reactive ketones (excluding diaryl/α,β-unsaturated/α-hetero) is 3. The van der Waals surface area contributed by atoms with Crippen molar-refractivity contribution in [3.8, 4) is 0 Å². The zero-order chi connectivity index (χ0) is 65.0. The molecule has 3 amide bonds. The van der Waals surface area contributed by atoms with E-state index in [0.717, 1.165) is 35.5 Å². The number of fused-ring (bicyclic) bond motifs is 2. The second-order valence-electron chi connectivity index (χ2n) is 19.7. The van der Waals surface area contributed by atoms with Crippen LogP contribution in [0.2, 0.25) is 0 Å². The number of aryl methyl sites for hydroxylation is 4. The Bertz CT molecular complexity index is 2940. The summed E-state index contributed by atoms with van der Waals surface area (Å²) in [5, 5.41) is 17.6. The largest absolute Gasteiger partial charge is 1.00 e. The number of hydrogen-bond acceptors (Lipinski definition) is 19. The average Bonchev–Trinajstić information content (AvgIpc) is 3.01. The van der Waals surface area contributed by atoms with Crippen LogP contribution in [-0.4, -0.2) is 124 Å². The fourth-order valence-corrected chi connectivity index (χ4v) is 6.99. The van der Waals surface area contributed by atoms with E-state index in [1.165, 1.54) is 48.2 Å². The molecule has 4 aromatic carbocycles. The van der Waals surface area contributed by atoms with Gasteiger partial charge in [0, 0.05) is 75.6 Å². The molecule has 1 unspecified atom stereocenters. The number of nitrogens with one attached hydrogen (secondary N) is 3. The van der Waals surface area contributed by atoms with Gasteiger partial charge in [-0.05, 0) is 139 Å². The van der Waals surface area contributed by atoms with Crippen LogP contribution in [0.15, 0.2) is 77.5 Å². The van der Waals surface area contributed by atoms with E-state index >= 15 is 0 Å². The van der Waals surface area contributed by atoms with Crippen LogP contribution in [0.3, 0.4) is 0 Å². The number of halogens is 1. The molecule has 87 heavy (non-hydrogen) atoms. The van der Waals surface area contributed by atoms with Crippen molar-refractivity contribution in [1.82, 2.24) is 0 Å². The van der Waals surface area contributed by atoms with Crippen molar-refractivity contribution >= 4 is 108 Å². The van der Waals surface area contributed by atoms with Gasteiger partial charge in [-0.2, -0.15) is 0 Å². The summed E-state index contributed by atoms with van der Waals surface area (Å²) in [4.78, 5) is 124. The van der Waals surface area contributed by atoms with Gasteiger partial charge in [-0.1, -0.05) is 45.0 Å². The van der Waals surface area contributed by atoms with Gasteiger partial charge >= 0.3 is 42.7 Å².